The number of rotatable bonds is 5. The first-order valence-corrected chi connectivity index (χ1v) is 7.06. The molecule has 0 saturated heterocycles. The van der Waals surface area contributed by atoms with E-state index in [1.54, 1.807) is 0 Å². The van der Waals surface area contributed by atoms with E-state index in [0.29, 0.717) is 0 Å². The van der Waals surface area contributed by atoms with Crippen molar-refractivity contribution in [2.45, 2.75) is 12.8 Å². The molecule has 1 fully saturated rings. The molecule has 1 aliphatic rings. The molecule has 1 saturated carbocycles. The van der Waals surface area contributed by atoms with Gasteiger partial charge in [0.1, 0.15) is 5.82 Å². The van der Waals surface area contributed by atoms with Gasteiger partial charge in [0, 0.05) is 0 Å². The summed E-state index contributed by atoms with van der Waals surface area (Å²) in [6, 6.07) is 2.88. The molecule has 1 aliphatic carbocycles. The Morgan fingerprint density at radius 3 is 2.67 bits per heavy atom. The Labute approximate surface area is 104 Å². The molecule has 0 aliphatic heterocycles. The molecule has 2 rings (SSSR count). The fourth-order valence-electron chi connectivity index (χ4n) is 1.59. The van der Waals surface area contributed by atoms with Gasteiger partial charge in [-0.25, -0.2) is 17.6 Å². The minimum absolute atomic E-state index is 0.0530. The first-order chi connectivity index (χ1) is 8.37. The number of benzene rings is 1. The zero-order valence-electron chi connectivity index (χ0n) is 9.39. The van der Waals surface area contributed by atoms with Crippen molar-refractivity contribution in [3.05, 3.63) is 29.6 Å². The van der Waals surface area contributed by atoms with E-state index in [4.69, 9.17) is 5.11 Å². The third kappa shape index (κ3) is 3.19. The molecule has 98 valence electrons. The maximum Gasteiger partial charge on any atom is 0.337 e. The molecule has 0 spiro atoms. The molecule has 2 N–H and O–H groups in total. The predicted molar refractivity (Wildman–Crippen MR) is 63.5 cm³/mol. The number of carboxylic acid groups (broad SMARTS) is 1. The van der Waals surface area contributed by atoms with Gasteiger partial charge in [-0.1, -0.05) is 0 Å². The molecule has 0 atom stereocenters. The highest BCUT2D eigenvalue weighted by atomic mass is 32.2. The summed E-state index contributed by atoms with van der Waals surface area (Å²) in [6.45, 7) is 0. The second kappa shape index (κ2) is 4.56. The fourth-order valence-corrected chi connectivity index (χ4v) is 3.13. The second-order valence-corrected chi connectivity index (χ2v) is 6.09. The lowest BCUT2D eigenvalue weighted by Gasteiger charge is -2.10. The van der Waals surface area contributed by atoms with Crippen LogP contribution >= 0.6 is 0 Å². The largest absolute Gasteiger partial charge is 0.478 e. The van der Waals surface area contributed by atoms with E-state index in [2.05, 4.69) is 4.72 Å². The normalized spacial score (nSPS) is 15.4. The molecule has 0 amide bonds. The van der Waals surface area contributed by atoms with Gasteiger partial charge in [-0.15, -0.1) is 0 Å². The highest BCUT2D eigenvalue weighted by Crippen LogP contribution is 2.31. The van der Waals surface area contributed by atoms with Crippen molar-refractivity contribution in [1.29, 1.82) is 0 Å². The summed E-state index contributed by atoms with van der Waals surface area (Å²) < 4.78 is 38.6. The predicted octanol–water partition coefficient (Wildman–Crippen LogP) is 1.68. The number of sulfonamides is 1. The van der Waals surface area contributed by atoms with Gasteiger partial charge in [-0.2, -0.15) is 0 Å². The van der Waals surface area contributed by atoms with Crippen LogP contribution in [0, 0.1) is 11.7 Å². The summed E-state index contributed by atoms with van der Waals surface area (Å²) in [4.78, 5) is 10.9. The third-order valence-electron chi connectivity index (χ3n) is 2.63. The summed E-state index contributed by atoms with van der Waals surface area (Å²) in [7, 11) is -3.62. The molecular weight excluding hydrogens is 261 g/mol. The van der Waals surface area contributed by atoms with E-state index in [1.165, 1.54) is 0 Å². The maximum absolute atomic E-state index is 13.0. The van der Waals surface area contributed by atoms with Crippen LogP contribution < -0.4 is 4.72 Å². The molecule has 5 nitrogen and oxygen atoms in total. The number of aromatic carboxylic acids is 1. The Morgan fingerprint density at radius 1 is 1.44 bits per heavy atom. The number of nitrogens with one attached hydrogen (secondary N) is 1. The smallest absolute Gasteiger partial charge is 0.337 e. The molecule has 7 heteroatoms. The average Bonchev–Trinajstić information content (AvgIpc) is 2.99. The van der Waals surface area contributed by atoms with Gasteiger partial charge >= 0.3 is 5.97 Å². The molecule has 0 aromatic heterocycles. The Hall–Kier alpha value is -1.63. The van der Waals surface area contributed by atoms with Gasteiger partial charge in [0.15, 0.2) is 0 Å². The Morgan fingerprint density at radius 2 is 2.11 bits per heavy atom. The van der Waals surface area contributed by atoms with Crippen LogP contribution in [0.2, 0.25) is 0 Å². The van der Waals surface area contributed by atoms with Crippen LogP contribution in [0.3, 0.4) is 0 Å². The van der Waals surface area contributed by atoms with Gasteiger partial charge in [0.05, 0.1) is 17.0 Å². The van der Waals surface area contributed by atoms with Gasteiger partial charge in [-0.3, -0.25) is 4.72 Å². The summed E-state index contributed by atoms with van der Waals surface area (Å²) in [5.74, 6) is -1.92. The highest BCUT2D eigenvalue weighted by Gasteiger charge is 2.28. The van der Waals surface area contributed by atoms with Gasteiger partial charge < -0.3 is 5.11 Å². The van der Waals surface area contributed by atoms with Gasteiger partial charge in [0.25, 0.3) is 0 Å². The minimum Gasteiger partial charge on any atom is -0.478 e. The quantitative estimate of drug-likeness (QED) is 0.854. The Kier molecular flexibility index (Phi) is 3.25. The fraction of sp³-hybridized carbons (Fsp3) is 0.364. The molecule has 1 aromatic rings. The zero-order chi connectivity index (χ0) is 13.3. The standard InChI is InChI=1S/C11H12FNO4S/c12-8-3-4-9(11(14)15)10(5-8)13-18(16,17)6-7-1-2-7/h3-5,7,13H,1-2,6H2,(H,14,15). The van der Waals surface area contributed by atoms with Crippen LogP contribution in [0.4, 0.5) is 10.1 Å². The molecule has 1 aromatic carbocycles. The lowest BCUT2D eigenvalue weighted by atomic mass is 10.2. The average molecular weight is 273 g/mol. The lowest BCUT2D eigenvalue weighted by Crippen LogP contribution is -2.19. The van der Waals surface area contributed by atoms with E-state index < -0.39 is 21.8 Å². The van der Waals surface area contributed by atoms with Gasteiger partial charge in [-0.05, 0) is 37.0 Å². The number of anilines is 1. The molecular formula is C11H12FNO4S. The van der Waals surface area contributed by atoms with Crippen LogP contribution in [0.15, 0.2) is 18.2 Å². The lowest BCUT2D eigenvalue weighted by molar-refractivity contribution is 0.0698. The van der Waals surface area contributed by atoms with E-state index in [-0.39, 0.29) is 22.9 Å². The molecule has 0 unspecified atom stereocenters. The van der Waals surface area contributed by atoms with Crippen molar-refractivity contribution < 1.29 is 22.7 Å². The summed E-state index contributed by atoms with van der Waals surface area (Å²) in [5, 5.41) is 8.89. The molecule has 0 bridgehead atoms. The SMILES string of the molecule is O=C(O)c1ccc(F)cc1NS(=O)(=O)CC1CC1. The Balaban J connectivity index is 2.26. The van der Waals surface area contributed by atoms with Gasteiger partial charge in [0.2, 0.25) is 10.0 Å². The van der Waals surface area contributed by atoms with Crippen LogP contribution in [-0.4, -0.2) is 25.2 Å². The summed E-state index contributed by atoms with van der Waals surface area (Å²) in [5.41, 5.74) is -0.501. The second-order valence-electron chi connectivity index (χ2n) is 4.32. The van der Waals surface area contributed by atoms with Crippen LogP contribution in [0.25, 0.3) is 0 Å². The third-order valence-corrected chi connectivity index (χ3v) is 4.07. The topological polar surface area (TPSA) is 83.5 Å². The first-order valence-electron chi connectivity index (χ1n) is 5.41. The molecule has 0 radical (unpaired) electrons. The number of carboxylic acids is 1. The van der Waals surface area contributed by atoms with Crippen molar-refractivity contribution in [2.24, 2.45) is 5.92 Å². The van der Waals surface area contributed by atoms with Crippen molar-refractivity contribution in [3.63, 3.8) is 0 Å². The Bertz CT molecular complexity index is 581. The van der Waals surface area contributed by atoms with Crippen molar-refractivity contribution in [2.75, 3.05) is 10.5 Å². The van der Waals surface area contributed by atoms with E-state index >= 15 is 0 Å². The first kappa shape index (κ1) is 12.8. The van der Waals surface area contributed by atoms with Crippen molar-refractivity contribution >= 4 is 21.7 Å². The van der Waals surface area contributed by atoms with Crippen LogP contribution in [-0.2, 0) is 10.0 Å². The van der Waals surface area contributed by atoms with E-state index in [1.807, 2.05) is 0 Å². The maximum atomic E-state index is 13.0. The van der Waals surface area contributed by atoms with Crippen LogP contribution in [0.5, 0.6) is 0 Å². The van der Waals surface area contributed by atoms with E-state index in [9.17, 15) is 17.6 Å². The summed E-state index contributed by atoms with van der Waals surface area (Å²) >= 11 is 0. The summed E-state index contributed by atoms with van der Waals surface area (Å²) in [6.07, 6.45) is 1.71. The zero-order valence-corrected chi connectivity index (χ0v) is 10.2. The number of carbonyl (C=O) groups is 1. The van der Waals surface area contributed by atoms with Crippen molar-refractivity contribution in [1.82, 2.24) is 0 Å². The number of hydrogen-bond acceptors (Lipinski definition) is 3. The monoisotopic (exact) mass is 273 g/mol. The number of hydrogen-bond donors (Lipinski definition) is 2. The van der Waals surface area contributed by atoms with Crippen LogP contribution in [0.1, 0.15) is 23.2 Å². The minimum atomic E-state index is -3.62. The highest BCUT2D eigenvalue weighted by molar-refractivity contribution is 7.92. The number of halogens is 1. The van der Waals surface area contributed by atoms with Crippen molar-refractivity contribution in [3.8, 4) is 0 Å². The molecule has 18 heavy (non-hydrogen) atoms. The molecule has 0 heterocycles. The van der Waals surface area contributed by atoms with E-state index in [0.717, 1.165) is 31.0 Å².